The topological polar surface area (TPSA) is 71.3 Å². The average molecular weight is 465 g/mol. The molecule has 0 aliphatic heterocycles. The highest BCUT2D eigenvalue weighted by molar-refractivity contribution is 9.10. The maximum absolute atomic E-state index is 12.5. The summed E-state index contributed by atoms with van der Waals surface area (Å²) < 4.78 is 11.8. The Balaban J connectivity index is 1.70. The average Bonchev–Trinajstić information content (AvgIpc) is 2.75. The van der Waals surface area contributed by atoms with Gasteiger partial charge < -0.3 is 14.8 Å². The van der Waals surface area contributed by atoms with Crippen LogP contribution in [-0.2, 0) is 11.2 Å². The second-order valence-electron chi connectivity index (χ2n) is 6.49. The fraction of sp³-hybridized carbons (Fsp3) is 0.167. The third-order valence-corrected chi connectivity index (χ3v) is 4.90. The number of hydrogen-bond donors (Lipinski definition) is 1. The Morgan fingerprint density at radius 1 is 1.07 bits per heavy atom. The number of benzene rings is 3. The van der Waals surface area contributed by atoms with Gasteiger partial charge in [-0.15, -0.1) is 0 Å². The van der Waals surface area contributed by atoms with E-state index < -0.39 is 0 Å². The van der Waals surface area contributed by atoms with E-state index in [9.17, 15) is 4.79 Å². The molecule has 0 aromatic heterocycles. The molecule has 0 heterocycles. The van der Waals surface area contributed by atoms with Crippen LogP contribution in [0.25, 0.3) is 0 Å². The van der Waals surface area contributed by atoms with Crippen LogP contribution in [0.2, 0.25) is 0 Å². The highest BCUT2D eigenvalue weighted by atomic mass is 79.9. The molecule has 152 valence electrons. The highest BCUT2D eigenvalue weighted by Crippen LogP contribution is 2.36. The van der Waals surface area contributed by atoms with E-state index in [1.807, 2.05) is 49.4 Å². The van der Waals surface area contributed by atoms with Crippen molar-refractivity contribution in [1.82, 2.24) is 0 Å². The maximum atomic E-state index is 12.5. The number of halogens is 1. The Kier molecular flexibility index (Phi) is 7.47. The lowest BCUT2D eigenvalue weighted by Crippen LogP contribution is -2.21. The minimum Gasteiger partial charge on any atom is -0.490 e. The van der Waals surface area contributed by atoms with Gasteiger partial charge >= 0.3 is 0 Å². The smallest absolute Gasteiger partial charge is 0.262 e. The zero-order valence-electron chi connectivity index (χ0n) is 16.5. The molecule has 0 radical (unpaired) electrons. The van der Waals surface area contributed by atoms with Gasteiger partial charge in [0.25, 0.3) is 5.91 Å². The Bertz CT molecular complexity index is 1060. The summed E-state index contributed by atoms with van der Waals surface area (Å²) in [6, 6.07) is 23.1. The molecule has 6 heteroatoms. The van der Waals surface area contributed by atoms with Gasteiger partial charge in [-0.25, -0.2) is 0 Å². The van der Waals surface area contributed by atoms with Crippen LogP contribution in [0.3, 0.4) is 0 Å². The monoisotopic (exact) mass is 464 g/mol. The molecule has 0 aliphatic carbocycles. The summed E-state index contributed by atoms with van der Waals surface area (Å²) in [6.07, 6.45) is 0.716. The molecule has 0 fully saturated rings. The number of carbonyl (C=O) groups excluding carboxylic acids is 1. The van der Waals surface area contributed by atoms with Crippen LogP contribution in [-0.4, -0.2) is 19.1 Å². The number of hydrogen-bond acceptors (Lipinski definition) is 4. The van der Waals surface area contributed by atoms with Crippen LogP contribution in [0.1, 0.15) is 23.6 Å². The number of para-hydroxylation sites is 1. The number of carbonyl (C=O) groups is 1. The van der Waals surface area contributed by atoms with Gasteiger partial charge in [0, 0.05) is 11.8 Å². The molecule has 0 bridgehead atoms. The molecule has 3 aromatic rings. The van der Waals surface area contributed by atoms with Crippen molar-refractivity contribution in [2.45, 2.75) is 13.3 Å². The predicted octanol–water partition coefficient (Wildman–Crippen LogP) is 5.33. The van der Waals surface area contributed by atoms with Gasteiger partial charge in [0.05, 0.1) is 22.7 Å². The summed E-state index contributed by atoms with van der Waals surface area (Å²) in [5, 5.41) is 12.1. The minimum atomic E-state index is -0.283. The van der Waals surface area contributed by atoms with E-state index in [4.69, 9.17) is 14.7 Å². The number of amides is 1. The van der Waals surface area contributed by atoms with Crippen LogP contribution >= 0.6 is 15.9 Å². The molecule has 1 amide bonds. The molecule has 0 aliphatic rings. The molecule has 0 saturated heterocycles. The molecule has 5 nitrogen and oxygen atoms in total. The molecule has 0 spiro atoms. The van der Waals surface area contributed by atoms with Crippen molar-refractivity contribution in [3.05, 3.63) is 87.9 Å². The lowest BCUT2D eigenvalue weighted by Gasteiger charge is -2.15. The second-order valence-corrected chi connectivity index (χ2v) is 7.34. The molecule has 30 heavy (non-hydrogen) atoms. The van der Waals surface area contributed by atoms with E-state index >= 15 is 0 Å². The van der Waals surface area contributed by atoms with Gasteiger partial charge in [0.15, 0.2) is 18.1 Å². The van der Waals surface area contributed by atoms with Gasteiger partial charge in [0.2, 0.25) is 0 Å². The quantitative estimate of drug-likeness (QED) is 0.488. The number of nitrogens with zero attached hydrogens (tertiary/aromatic N) is 1. The van der Waals surface area contributed by atoms with E-state index in [1.165, 1.54) is 5.56 Å². The van der Waals surface area contributed by atoms with E-state index in [2.05, 4.69) is 39.4 Å². The van der Waals surface area contributed by atoms with Crippen molar-refractivity contribution < 1.29 is 14.3 Å². The lowest BCUT2D eigenvalue weighted by molar-refractivity contribution is -0.118. The van der Waals surface area contributed by atoms with E-state index in [0.29, 0.717) is 34.6 Å². The maximum Gasteiger partial charge on any atom is 0.262 e. The number of nitrogens with one attached hydrogen (secondary N) is 1. The van der Waals surface area contributed by atoms with Gasteiger partial charge in [-0.2, -0.15) is 5.26 Å². The summed E-state index contributed by atoms with van der Waals surface area (Å²) in [4.78, 5) is 12.5. The third-order valence-electron chi connectivity index (χ3n) is 4.31. The number of ether oxygens (including phenoxy) is 2. The fourth-order valence-electron chi connectivity index (χ4n) is 2.97. The first-order chi connectivity index (χ1) is 14.6. The predicted molar refractivity (Wildman–Crippen MR) is 120 cm³/mol. The Morgan fingerprint density at radius 3 is 2.53 bits per heavy atom. The number of nitriles is 1. The highest BCUT2D eigenvalue weighted by Gasteiger charge is 2.15. The van der Waals surface area contributed by atoms with Crippen LogP contribution in [0.4, 0.5) is 5.69 Å². The molecule has 0 unspecified atom stereocenters. The molecule has 3 rings (SSSR count). The van der Waals surface area contributed by atoms with Crippen LogP contribution < -0.4 is 14.8 Å². The van der Waals surface area contributed by atoms with Gasteiger partial charge in [-0.3, -0.25) is 4.79 Å². The fourth-order valence-corrected chi connectivity index (χ4v) is 3.53. The number of anilines is 1. The van der Waals surface area contributed by atoms with Crippen LogP contribution in [0, 0.1) is 11.3 Å². The summed E-state index contributed by atoms with van der Waals surface area (Å²) >= 11 is 3.39. The van der Waals surface area contributed by atoms with Crippen LogP contribution in [0.15, 0.2) is 71.2 Å². The normalized spacial score (nSPS) is 10.2. The summed E-state index contributed by atoms with van der Waals surface area (Å²) in [5.74, 6) is 0.526. The molecule has 3 aromatic carbocycles. The zero-order chi connectivity index (χ0) is 21.3. The number of rotatable bonds is 8. The van der Waals surface area contributed by atoms with Gasteiger partial charge in [0.1, 0.15) is 0 Å². The first-order valence-electron chi connectivity index (χ1n) is 9.51. The SMILES string of the molecule is CCOc1cc(C#N)cc(Br)c1OCC(=O)Nc1ccccc1Cc1ccccc1. The van der Waals surface area contributed by atoms with E-state index in [1.54, 1.807) is 12.1 Å². The summed E-state index contributed by atoms with van der Waals surface area (Å²) in [7, 11) is 0. The first-order valence-corrected chi connectivity index (χ1v) is 10.3. The van der Waals surface area contributed by atoms with Crippen molar-refractivity contribution in [2.24, 2.45) is 0 Å². The van der Waals surface area contributed by atoms with Crippen LogP contribution in [0.5, 0.6) is 11.5 Å². The largest absolute Gasteiger partial charge is 0.490 e. The standard InChI is InChI=1S/C24H21BrN2O3/c1-2-29-22-14-18(15-26)13-20(25)24(22)30-16-23(28)27-21-11-7-6-10-19(21)12-17-8-4-3-5-9-17/h3-11,13-14H,2,12,16H2,1H3,(H,27,28). The van der Waals surface area contributed by atoms with Crippen molar-refractivity contribution in [3.8, 4) is 17.6 Å². The molecule has 0 atom stereocenters. The minimum absolute atomic E-state index is 0.190. The van der Waals surface area contributed by atoms with E-state index in [-0.39, 0.29) is 12.5 Å². The molecular weight excluding hydrogens is 444 g/mol. The Morgan fingerprint density at radius 2 is 1.80 bits per heavy atom. The van der Waals surface area contributed by atoms with Crippen molar-refractivity contribution in [1.29, 1.82) is 5.26 Å². The van der Waals surface area contributed by atoms with Crippen molar-refractivity contribution >= 4 is 27.5 Å². The Hall–Kier alpha value is -3.30. The Labute approximate surface area is 184 Å². The molecule has 1 N–H and O–H groups in total. The summed E-state index contributed by atoms with van der Waals surface area (Å²) in [6.45, 7) is 2.06. The van der Waals surface area contributed by atoms with E-state index in [0.717, 1.165) is 11.3 Å². The molecule has 0 saturated carbocycles. The molecular formula is C24H21BrN2O3. The third kappa shape index (κ3) is 5.62. The van der Waals surface area contributed by atoms with Gasteiger partial charge in [-0.05, 0) is 52.5 Å². The summed E-state index contributed by atoms with van der Waals surface area (Å²) in [5.41, 5.74) is 3.38. The van der Waals surface area contributed by atoms with Crippen molar-refractivity contribution in [3.63, 3.8) is 0 Å². The lowest BCUT2D eigenvalue weighted by atomic mass is 10.0. The van der Waals surface area contributed by atoms with Crippen molar-refractivity contribution in [2.75, 3.05) is 18.5 Å². The van der Waals surface area contributed by atoms with Gasteiger partial charge in [-0.1, -0.05) is 48.5 Å². The second kappa shape index (κ2) is 10.5. The zero-order valence-corrected chi connectivity index (χ0v) is 18.1. The first kappa shape index (κ1) is 21.4.